The highest BCUT2D eigenvalue weighted by atomic mass is 35.5. The first-order chi connectivity index (χ1) is 6.59. The van der Waals surface area contributed by atoms with Crippen molar-refractivity contribution in [1.82, 2.24) is 0 Å². The van der Waals surface area contributed by atoms with E-state index >= 15 is 0 Å². The zero-order valence-electron chi connectivity index (χ0n) is 8.00. The maximum atomic E-state index is 12.7. The van der Waals surface area contributed by atoms with Crippen LogP contribution >= 0.6 is 24.0 Å². The number of hydrogen-bond acceptors (Lipinski definition) is 2. The fourth-order valence-electron chi connectivity index (χ4n) is 1.12. The van der Waals surface area contributed by atoms with E-state index in [0.717, 1.165) is 12.8 Å². The number of benzene rings is 1. The standard InChI is InChI=1S/C10H11ClFNO.ClH/c11-8-5-7(12)1-2-9(8)14-6-10(13)3-4-10;/h1-2,5H,3-4,6,13H2;1H. The Hall–Kier alpha value is -0.510. The molecule has 84 valence electrons. The van der Waals surface area contributed by atoms with Gasteiger partial charge in [0, 0.05) is 0 Å². The molecule has 1 aliphatic carbocycles. The minimum absolute atomic E-state index is 0. The van der Waals surface area contributed by atoms with Gasteiger partial charge in [-0.1, -0.05) is 11.6 Å². The summed E-state index contributed by atoms with van der Waals surface area (Å²) < 4.78 is 18.1. The molecule has 1 aromatic carbocycles. The summed E-state index contributed by atoms with van der Waals surface area (Å²) in [5.41, 5.74) is 5.65. The van der Waals surface area contributed by atoms with E-state index in [9.17, 15) is 4.39 Å². The van der Waals surface area contributed by atoms with Crippen LogP contribution in [0.15, 0.2) is 18.2 Å². The van der Waals surface area contributed by atoms with Crippen LogP contribution in [0.3, 0.4) is 0 Å². The summed E-state index contributed by atoms with van der Waals surface area (Å²) in [7, 11) is 0. The largest absolute Gasteiger partial charge is 0.490 e. The average Bonchev–Trinajstić information content (AvgIpc) is 2.83. The first-order valence-electron chi connectivity index (χ1n) is 4.46. The Labute approximate surface area is 99.0 Å². The van der Waals surface area contributed by atoms with Crippen LogP contribution in [0.25, 0.3) is 0 Å². The van der Waals surface area contributed by atoms with Gasteiger partial charge in [-0.2, -0.15) is 0 Å². The zero-order chi connectivity index (χ0) is 10.2. The molecule has 2 rings (SSSR count). The molecule has 1 saturated carbocycles. The summed E-state index contributed by atoms with van der Waals surface area (Å²) in [5.74, 6) is 0.126. The Morgan fingerprint density at radius 2 is 2.13 bits per heavy atom. The fourth-order valence-corrected chi connectivity index (χ4v) is 1.34. The van der Waals surface area contributed by atoms with Gasteiger partial charge in [0.15, 0.2) is 0 Å². The molecule has 0 saturated heterocycles. The highest BCUT2D eigenvalue weighted by Crippen LogP contribution is 2.34. The molecule has 2 N–H and O–H groups in total. The van der Waals surface area contributed by atoms with E-state index in [1.165, 1.54) is 18.2 Å². The number of nitrogens with two attached hydrogens (primary N) is 1. The second kappa shape index (κ2) is 4.56. The summed E-state index contributed by atoms with van der Waals surface area (Å²) in [6.07, 6.45) is 1.96. The van der Waals surface area contributed by atoms with Crippen LogP contribution in [-0.4, -0.2) is 12.1 Å². The molecule has 0 amide bonds. The second-order valence-electron chi connectivity index (χ2n) is 3.73. The predicted octanol–water partition coefficient (Wildman–Crippen LogP) is 2.77. The van der Waals surface area contributed by atoms with Gasteiger partial charge in [-0.05, 0) is 31.0 Å². The smallest absolute Gasteiger partial charge is 0.138 e. The topological polar surface area (TPSA) is 35.2 Å². The first kappa shape index (κ1) is 12.6. The second-order valence-corrected chi connectivity index (χ2v) is 4.13. The van der Waals surface area contributed by atoms with Gasteiger partial charge in [0.2, 0.25) is 0 Å². The van der Waals surface area contributed by atoms with Gasteiger partial charge in [-0.3, -0.25) is 0 Å². The Kier molecular flexibility index (Phi) is 3.82. The number of rotatable bonds is 3. The summed E-state index contributed by atoms with van der Waals surface area (Å²) in [6.45, 7) is 0.443. The quantitative estimate of drug-likeness (QED) is 0.897. The van der Waals surface area contributed by atoms with Crippen molar-refractivity contribution in [2.24, 2.45) is 5.73 Å². The van der Waals surface area contributed by atoms with Crippen molar-refractivity contribution in [1.29, 1.82) is 0 Å². The van der Waals surface area contributed by atoms with E-state index in [1.54, 1.807) is 0 Å². The van der Waals surface area contributed by atoms with E-state index < -0.39 is 0 Å². The molecule has 0 unspecified atom stereocenters. The molecule has 15 heavy (non-hydrogen) atoms. The molecule has 5 heteroatoms. The van der Waals surface area contributed by atoms with Crippen LogP contribution in [0.5, 0.6) is 5.75 Å². The highest BCUT2D eigenvalue weighted by molar-refractivity contribution is 6.32. The molecular formula is C10H12Cl2FNO. The number of ether oxygens (including phenoxy) is 1. The zero-order valence-corrected chi connectivity index (χ0v) is 9.58. The maximum Gasteiger partial charge on any atom is 0.138 e. The van der Waals surface area contributed by atoms with Gasteiger partial charge in [0.05, 0.1) is 10.6 Å². The van der Waals surface area contributed by atoms with E-state index in [0.29, 0.717) is 12.4 Å². The summed E-state index contributed by atoms with van der Waals surface area (Å²) in [6, 6.07) is 4.06. The van der Waals surface area contributed by atoms with Crippen LogP contribution < -0.4 is 10.5 Å². The predicted molar refractivity (Wildman–Crippen MR) is 60.3 cm³/mol. The monoisotopic (exact) mass is 251 g/mol. The van der Waals surface area contributed by atoms with Gasteiger partial charge in [0.1, 0.15) is 18.2 Å². The molecular weight excluding hydrogens is 240 g/mol. The SMILES string of the molecule is Cl.NC1(COc2ccc(F)cc2Cl)CC1. The summed E-state index contributed by atoms with van der Waals surface area (Å²) in [4.78, 5) is 0. The van der Waals surface area contributed by atoms with Crippen LogP contribution in [0.4, 0.5) is 4.39 Å². The van der Waals surface area contributed by atoms with Crippen molar-refractivity contribution in [3.63, 3.8) is 0 Å². The minimum Gasteiger partial charge on any atom is -0.490 e. The molecule has 0 bridgehead atoms. The molecule has 0 aliphatic heterocycles. The van der Waals surface area contributed by atoms with Gasteiger partial charge in [-0.25, -0.2) is 4.39 Å². The first-order valence-corrected chi connectivity index (χ1v) is 4.84. The van der Waals surface area contributed by atoms with Crippen LogP contribution in [0.1, 0.15) is 12.8 Å². The molecule has 0 radical (unpaired) electrons. The Bertz CT molecular complexity index is 355. The van der Waals surface area contributed by atoms with Gasteiger partial charge in [-0.15, -0.1) is 12.4 Å². The Balaban J connectivity index is 0.00000112. The van der Waals surface area contributed by atoms with Crippen LogP contribution in [-0.2, 0) is 0 Å². The van der Waals surface area contributed by atoms with Crippen molar-refractivity contribution in [2.75, 3.05) is 6.61 Å². The lowest BCUT2D eigenvalue weighted by molar-refractivity contribution is 0.279. The number of halogens is 3. The van der Waals surface area contributed by atoms with E-state index in [4.69, 9.17) is 22.1 Å². The lowest BCUT2D eigenvalue weighted by Crippen LogP contribution is -2.29. The van der Waals surface area contributed by atoms with Crippen molar-refractivity contribution < 1.29 is 9.13 Å². The van der Waals surface area contributed by atoms with Gasteiger partial charge >= 0.3 is 0 Å². The Morgan fingerprint density at radius 3 is 2.67 bits per heavy atom. The summed E-state index contributed by atoms with van der Waals surface area (Å²) >= 11 is 5.77. The molecule has 2 nitrogen and oxygen atoms in total. The Morgan fingerprint density at radius 1 is 1.47 bits per heavy atom. The average molecular weight is 252 g/mol. The molecule has 0 aromatic heterocycles. The molecule has 1 aromatic rings. The minimum atomic E-state index is -0.365. The van der Waals surface area contributed by atoms with Crippen molar-refractivity contribution in [2.45, 2.75) is 18.4 Å². The molecule has 0 heterocycles. The number of hydrogen-bond donors (Lipinski definition) is 1. The van der Waals surface area contributed by atoms with Crippen molar-refractivity contribution in [3.8, 4) is 5.75 Å². The lowest BCUT2D eigenvalue weighted by Gasteiger charge is -2.11. The lowest BCUT2D eigenvalue weighted by atomic mass is 10.3. The molecule has 1 aliphatic rings. The third-order valence-electron chi connectivity index (χ3n) is 2.30. The van der Waals surface area contributed by atoms with E-state index in [1.807, 2.05) is 0 Å². The van der Waals surface area contributed by atoms with Gasteiger partial charge in [0.25, 0.3) is 0 Å². The molecule has 0 atom stereocenters. The fraction of sp³-hybridized carbons (Fsp3) is 0.400. The molecule has 0 spiro atoms. The van der Waals surface area contributed by atoms with Crippen LogP contribution in [0.2, 0.25) is 5.02 Å². The van der Waals surface area contributed by atoms with E-state index in [-0.39, 0.29) is 28.8 Å². The van der Waals surface area contributed by atoms with Gasteiger partial charge < -0.3 is 10.5 Å². The molecule has 1 fully saturated rings. The van der Waals surface area contributed by atoms with E-state index in [2.05, 4.69) is 0 Å². The van der Waals surface area contributed by atoms with Crippen molar-refractivity contribution >= 4 is 24.0 Å². The van der Waals surface area contributed by atoms with Crippen molar-refractivity contribution in [3.05, 3.63) is 29.0 Å². The third-order valence-corrected chi connectivity index (χ3v) is 2.60. The van der Waals surface area contributed by atoms with Crippen LogP contribution in [0, 0.1) is 5.82 Å². The maximum absolute atomic E-state index is 12.7. The highest BCUT2D eigenvalue weighted by Gasteiger charge is 2.39. The third kappa shape index (κ3) is 3.23. The normalized spacial score (nSPS) is 16.7. The summed E-state index contributed by atoms with van der Waals surface area (Å²) in [5, 5.41) is 0.286.